The summed E-state index contributed by atoms with van der Waals surface area (Å²) in [5.41, 5.74) is 0.971. The smallest absolute Gasteiger partial charge is 0.338 e. The van der Waals surface area contributed by atoms with Crippen LogP contribution in [-0.2, 0) is 14.3 Å². The number of carbonyl (C=O) groups excluding carboxylic acids is 4. The zero-order chi connectivity index (χ0) is 24.8. The Kier molecular flexibility index (Phi) is 7.57. The van der Waals surface area contributed by atoms with Crippen molar-refractivity contribution in [3.05, 3.63) is 84.1 Å². The van der Waals surface area contributed by atoms with Gasteiger partial charge in [0, 0.05) is 18.2 Å². The van der Waals surface area contributed by atoms with Crippen molar-refractivity contribution in [3.8, 4) is 5.75 Å². The maximum Gasteiger partial charge on any atom is 0.338 e. The Morgan fingerprint density at radius 2 is 1.71 bits per heavy atom. The molecule has 0 bridgehead atoms. The van der Waals surface area contributed by atoms with Crippen molar-refractivity contribution in [2.75, 3.05) is 18.1 Å². The molecule has 1 aromatic heterocycles. The Bertz CT molecular complexity index is 1230. The number of ketones is 1. The minimum atomic E-state index is -0.682. The summed E-state index contributed by atoms with van der Waals surface area (Å²) in [6, 6.07) is 17.9. The first-order chi connectivity index (χ1) is 17.0. The first-order valence-corrected chi connectivity index (χ1v) is 11.8. The van der Waals surface area contributed by atoms with E-state index in [9.17, 15) is 19.2 Å². The predicted molar refractivity (Wildman–Crippen MR) is 130 cm³/mol. The van der Waals surface area contributed by atoms with Crippen molar-refractivity contribution in [3.63, 3.8) is 0 Å². The highest BCUT2D eigenvalue weighted by molar-refractivity contribution is 8.00. The monoisotopic (exact) mass is 490 g/mol. The molecule has 0 spiro atoms. The maximum atomic E-state index is 12.8. The molecule has 4 rings (SSSR count). The molecular formula is C26H22N2O6S. The van der Waals surface area contributed by atoms with Crippen LogP contribution in [0.15, 0.2) is 78.0 Å². The molecule has 2 amide bonds. The molecule has 8 nitrogen and oxygen atoms in total. The standard InChI is InChI=1S/C26H22N2O6S/c1-2-33-20-12-8-17(9-13-20)21(29)16-34-26(32)18-6-10-19(11-7-18)28-24(30)15-22(25(28)31)35-23-5-3-4-14-27-23/h3-14,22H,2,15-16H2,1H3. The van der Waals surface area contributed by atoms with Crippen molar-refractivity contribution in [1.29, 1.82) is 0 Å². The number of aromatic nitrogens is 1. The summed E-state index contributed by atoms with van der Waals surface area (Å²) >= 11 is 1.24. The summed E-state index contributed by atoms with van der Waals surface area (Å²) in [4.78, 5) is 55.3. The van der Waals surface area contributed by atoms with Crippen LogP contribution in [0, 0.1) is 0 Å². The van der Waals surface area contributed by atoms with Crippen LogP contribution in [-0.4, -0.2) is 47.0 Å². The molecule has 1 unspecified atom stereocenters. The van der Waals surface area contributed by atoms with Crippen molar-refractivity contribution >= 4 is 41.0 Å². The van der Waals surface area contributed by atoms with Crippen LogP contribution in [0.1, 0.15) is 34.1 Å². The highest BCUT2D eigenvalue weighted by Crippen LogP contribution is 2.33. The van der Waals surface area contributed by atoms with Crippen LogP contribution in [0.5, 0.6) is 5.75 Å². The number of rotatable bonds is 9. The van der Waals surface area contributed by atoms with Gasteiger partial charge < -0.3 is 9.47 Å². The summed E-state index contributed by atoms with van der Waals surface area (Å²) in [5, 5.41) is 0.106. The van der Waals surface area contributed by atoms with E-state index in [0.717, 1.165) is 4.90 Å². The van der Waals surface area contributed by atoms with Gasteiger partial charge in [-0.2, -0.15) is 0 Å². The summed E-state index contributed by atoms with van der Waals surface area (Å²) in [5.74, 6) is -1.03. The van der Waals surface area contributed by atoms with E-state index in [1.807, 2.05) is 13.0 Å². The minimum absolute atomic E-state index is 0.0670. The second-order valence-corrected chi connectivity index (χ2v) is 8.77. The van der Waals surface area contributed by atoms with Crippen molar-refractivity contribution in [2.45, 2.75) is 23.6 Å². The number of thioether (sulfide) groups is 1. The number of amides is 2. The van der Waals surface area contributed by atoms with E-state index in [2.05, 4.69) is 4.98 Å². The molecule has 178 valence electrons. The zero-order valence-corrected chi connectivity index (χ0v) is 19.7. The number of ether oxygens (including phenoxy) is 2. The quantitative estimate of drug-likeness (QED) is 0.252. The molecule has 35 heavy (non-hydrogen) atoms. The lowest BCUT2D eigenvalue weighted by molar-refractivity contribution is -0.121. The van der Waals surface area contributed by atoms with Gasteiger partial charge in [0.2, 0.25) is 11.8 Å². The first-order valence-electron chi connectivity index (χ1n) is 10.9. The number of hydrogen-bond acceptors (Lipinski definition) is 8. The number of benzene rings is 2. The third-order valence-corrected chi connectivity index (χ3v) is 6.32. The number of esters is 1. The normalized spacial score (nSPS) is 15.2. The van der Waals surface area contributed by atoms with Crippen LogP contribution in [0.25, 0.3) is 0 Å². The highest BCUT2D eigenvalue weighted by atomic mass is 32.2. The molecule has 1 atom stereocenters. The Hall–Kier alpha value is -3.98. The SMILES string of the molecule is CCOc1ccc(C(=O)COC(=O)c2ccc(N3C(=O)CC(Sc4ccccn4)C3=O)cc2)cc1. The van der Waals surface area contributed by atoms with Gasteiger partial charge in [-0.15, -0.1) is 0 Å². The summed E-state index contributed by atoms with van der Waals surface area (Å²) in [6.07, 6.45) is 1.70. The van der Waals surface area contributed by atoms with E-state index in [1.165, 1.54) is 36.0 Å². The molecule has 1 fully saturated rings. The summed E-state index contributed by atoms with van der Waals surface area (Å²) < 4.78 is 10.5. The van der Waals surface area contributed by atoms with Gasteiger partial charge >= 0.3 is 5.97 Å². The second kappa shape index (κ2) is 11.0. The van der Waals surface area contributed by atoms with Gasteiger partial charge in [-0.1, -0.05) is 17.8 Å². The third-order valence-electron chi connectivity index (χ3n) is 5.19. The Morgan fingerprint density at radius 1 is 1.00 bits per heavy atom. The number of Topliss-reactive ketones (excluding diaryl/α,β-unsaturated/α-hetero) is 1. The summed E-state index contributed by atoms with van der Waals surface area (Å²) in [6.45, 7) is 1.98. The average Bonchev–Trinajstić information content (AvgIpc) is 3.16. The fourth-order valence-corrected chi connectivity index (χ4v) is 4.48. The van der Waals surface area contributed by atoms with Gasteiger partial charge in [-0.05, 0) is 67.6 Å². The van der Waals surface area contributed by atoms with Gasteiger partial charge in [0.15, 0.2) is 12.4 Å². The lowest BCUT2D eigenvalue weighted by Crippen LogP contribution is -2.31. The van der Waals surface area contributed by atoms with Crippen LogP contribution in [0.2, 0.25) is 0 Å². The number of hydrogen-bond donors (Lipinski definition) is 0. The number of anilines is 1. The van der Waals surface area contributed by atoms with E-state index in [0.29, 0.717) is 28.6 Å². The fraction of sp³-hybridized carbons (Fsp3) is 0.192. The molecule has 0 saturated carbocycles. The Morgan fingerprint density at radius 3 is 2.37 bits per heavy atom. The number of imide groups is 1. The highest BCUT2D eigenvalue weighted by Gasteiger charge is 2.40. The Balaban J connectivity index is 1.34. The average molecular weight is 491 g/mol. The van der Waals surface area contributed by atoms with Crippen molar-refractivity contribution < 1.29 is 28.7 Å². The van der Waals surface area contributed by atoms with Crippen molar-refractivity contribution in [1.82, 2.24) is 4.98 Å². The van der Waals surface area contributed by atoms with E-state index >= 15 is 0 Å². The number of carbonyl (C=O) groups is 4. The molecule has 0 radical (unpaired) electrons. The first kappa shape index (κ1) is 24.2. The minimum Gasteiger partial charge on any atom is -0.494 e. The van der Waals surface area contributed by atoms with Gasteiger partial charge in [-0.25, -0.2) is 14.7 Å². The van der Waals surface area contributed by atoms with E-state index in [4.69, 9.17) is 9.47 Å². The number of pyridine rings is 1. The molecule has 0 aliphatic carbocycles. The van der Waals surface area contributed by atoms with Gasteiger partial charge in [0.1, 0.15) is 5.75 Å². The van der Waals surface area contributed by atoms with Gasteiger partial charge in [0.05, 0.1) is 28.1 Å². The van der Waals surface area contributed by atoms with Crippen LogP contribution >= 0.6 is 11.8 Å². The predicted octanol–water partition coefficient (Wildman–Crippen LogP) is 3.94. The molecule has 0 N–H and O–H groups in total. The molecule has 3 aromatic rings. The molecular weight excluding hydrogens is 468 g/mol. The molecule has 1 aliphatic rings. The summed E-state index contributed by atoms with van der Waals surface area (Å²) in [7, 11) is 0. The van der Waals surface area contributed by atoms with E-state index in [1.54, 1.807) is 42.6 Å². The largest absolute Gasteiger partial charge is 0.494 e. The zero-order valence-electron chi connectivity index (χ0n) is 18.9. The Labute approximate surface area is 206 Å². The van der Waals surface area contributed by atoms with Gasteiger partial charge in [0.25, 0.3) is 0 Å². The topological polar surface area (TPSA) is 103 Å². The van der Waals surface area contributed by atoms with E-state index < -0.39 is 17.8 Å². The molecule has 2 aromatic carbocycles. The maximum absolute atomic E-state index is 12.8. The molecule has 1 saturated heterocycles. The second-order valence-electron chi connectivity index (χ2n) is 7.55. The van der Waals surface area contributed by atoms with E-state index in [-0.39, 0.29) is 29.6 Å². The molecule has 1 aliphatic heterocycles. The lowest BCUT2D eigenvalue weighted by atomic mass is 10.1. The number of nitrogens with zero attached hydrogens (tertiary/aromatic N) is 2. The molecule has 9 heteroatoms. The van der Waals surface area contributed by atoms with Crippen LogP contribution in [0.4, 0.5) is 5.69 Å². The van der Waals surface area contributed by atoms with Gasteiger partial charge in [-0.3, -0.25) is 14.4 Å². The third kappa shape index (κ3) is 5.75. The fourth-order valence-electron chi connectivity index (χ4n) is 3.48. The van der Waals surface area contributed by atoms with Crippen LogP contribution in [0.3, 0.4) is 0 Å². The van der Waals surface area contributed by atoms with Crippen LogP contribution < -0.4 is 9.64 Å². The van der Waals surface area contributed by atoms with Crippen molar-refractivity contribution in [2.24, 2.45) is 0 Å². The lowest BCUT2D eigenvalue weighted by Gasteiger charge is -2.15. The molecule has 2 heterocycles.